The molecular formula is C15H20FN3O. The van der Waals surface area contributed by atoms with Gasteiger partial charge in [0.25, 0.3) is 0 Å². The number of aromatic nitrogens is 2. The summed E-state index contributed by atoms with van der Waals surface area (Å²) in [6.07, 6.45) is 1.67. The SMILES string of the molecule is CC(C)(C)NCCCc1nnc(-c2ccc(F)cc2)o1. The molecule has 1 aromatic carbocycles. The molecule has 4 nitrogen and oxygen atoms in total. The molecular weight excluding hydrogens is 257 g/mol. The molecule has 0 spiro atoms. The van der Waals surface area contributed by atoms with Crippen LogP contribution in [0.3, 0.4) is 0 Å². The standard InChI is InChI=1S/C15H20FN3O/c1-15(2,3)17-10-4-5-13-18-19-14(20-13)11-6-8-12(16)9-7-11/h6-9,17H,4-5,10H2,1-3H3. The maximum atomic E-state index is 12.8. The molecule has 0 radical (unpaired) electrons. The lowest BCUT2D eigenvalue weighted by atomic mass is 10.1. The Morgan fingerprint density at radius 3 is 2.50 bits per heavy atom. The van der Waals surface area contributed by atoms with Crippen LogP contribution in [0.1, 0.15) is 33.1 Å². The molecule has 0 atom stereocenters. The first-order chi connectivity index (χ1) is 9.44. The highest BCUT2D eigenvalue weighted by Crippen LogP contribution is 2.18. The van der Waals surface area contributed by atoms with E-state index in [9.17, 15) is 4.39 Å². The fourth-order valence-electron chi connectivity index (χ4n) is 1.77. The van der Waals surface area contributed by atoms with E-state index in [2.05, 4.69) is 36.3 Å². The van der Waals surface area contributed by atoms with Crippen molar-refractivity contribution in [3.05, 3.63) is 36.0 Å². The lowest BCUT2D eigenvalue weighted by Gasteiger charge is -2.19. The van der Waals surface area contributed by atoms with Crippen molar-refractivity contribution in [3.63, 3.8) is 0 Å². The van der Waals surface area contributed by atoms with Crippen LogP contribution in [-0.2, 0) is 6.42 Å². The topological polar surface area (TPSA) is 51.0 Å². The Morgan fingerprint density at radius 1 is 1.15 bits per heavy atom. The fourth-order valence-corrected chi connectivity index (χ4v) is 1.77. The van der Waals surface area contributed by atoms with E-state index < -0.39 is 0 Å². The highest BCUT2D eigenvalue weighted by molar-refractivity contribution is 5.51. The van der Waals surface area contributed by atoms with Gasteiger partial charge in [0.2, 0.25) is 11.8 Å². The first-order valence-electron chi connectivity index (χ1n) is 6.77. The van der Waals surface area contributed by atoms with Crippen LogP contribution in [0, 0.1) is 5.82 Å². The van der Waals surface area contributed by atoms with Gasteiger partial charge in [-0.05, 0) is 58.0 Å². The molecule has 1 aromatic heterocycles. The minimum atomic E-state index is -0.276. The molecule has 0 saturated heterocycles. The van der Waals surface area contributed by atoms with E-state index in [0.29, 0.717) is 11.8 Å². The van der Waals surface area contributed by atoms with Gasteiger partial charge in [0, 0.05) is 17.5 Å². The number of aryl methyl sites for hydroxylation is 1. The normalized spacial score (nSPS) is 11.8. The number of rotatable bonds is 5. The number of hydrogen-bond acceptors (Lipinski definition) is 4. The summed E-state index contributed by atoms with van der Waals surface area (Å²) in [5.41, 5.74) is 0.853. The maximum Gasteiger partial charge on any atom is 0.247 e. The zero-order valence-corrected chi connectivity index (χ0v) is 12.1. The summed E-state index contributed by atoms with van der Waals surface area (Å²) in [6, 6.07) is 6.03. The van der Waals surface area contributed by atoms with Gasteiger partial charge in [0.1, 0.15) is 5.82 Å². The van der Waals surface area contributed by atoms with Crippen LogP contribution in [-0.4, -0.2) is 22.3 Å². The molecule has 2 aromatic rings. The first kappa shape index (κ1) is 14.7. The Morgan fingerprint density at radius 2 is 1.85 bits per heavy atom. The van der Waals surface area contributed by atoms with Gasteiger partial charge in [0.15, 0.2) is 0 Å². The van der Waals surface area contributed by atoms with Crippen molar-refractivity contribution in [2.75, 3.05) is 6.54 Å². The molecule has 0 bridgehead atoms. The second-order valence-electron chi connectivity index (χ2n) is 5.79. The molecule has 108 valence electrons. The van der Waals surface area contributed by atoms with Gasteiger partial charge in [-0.25, -0.2) is 4.39 Å². The van der Waals surface area contributed by atoms with Crippen molar-refractivity contribution in [3.8, 4) is 11.5 Å². The summed E-state index contributed by atoms with van der Waals surface area (Å²) < 4.78 is 18.4. The highest BCUT2D eigenvalue weighted by Gasteiger charge is 2.10. The van der Waals surface area contributed by atoms with Gasteiger partial charge >= 0.3 is 0 Å². The molecule has 5 heteroatoms. The molecule has 0 fully saturated rings. The summed E-state index contributed by atoms with van der Waals surface area (Å²) in [5.74, 6) is 0.769. The van der Waals surface area contributed by atoms with E-state index in [1.165, 1.54) is 12.1 Å². The lowest BCUT2D eigenvalue weighted by Crippen LogP contribution is -2.36. The van der Waals surface area contributed by atoms with Crippen LogP contribution in [0.15, 0.2) is 28.7 Å². The Labute approximate surface area is 118 Å². The minimum absolute atomic E-state index is 0.119. The molecule has 20 heavy (non-hydrogen) atoms. The predicted molar refractivity (Wildman–Crippen MR) is 75.8 cm³/mol. The second-order valence-corrected chi connectivity index (χ2v) is 5.79. The third-order valence-corrected chi connectivity index (χ3v) is 2.78. The summed E-state index contributed by atoms with van der Waals surface area (Å²) in [7, 11) is 0. The number of nitrogens with one attached hydrogen (secondary N) is 1. The number of nitrogens with zero attached hydrogens (tertiary/aromatic N) is 2. The van der Waals surface area contributed by atoms with Gasteiger partial charge in [-0.15, -0.1) is 10.2 Å². The Hall–Kier alpha value is -1.75. The summed E-state index contributed by atoms with van der Waals surface area (Å²) in [6.45, 7) is 7.29. The Bertz CT molecular complexity index is 543. The zero-order chi connectivity index (χ0) is 14.6. The Kier molecular flexibility index (Phi) is 4.49. The molecule has 0 aliphatic heterocycles. The quantitative estimate of drug-likeness (QED) is 0.853. The van der Waals surface area contributed by atoms with Crippen molar-refractivity contribution in [1.82, 2.24) is 15.5 Å². The van der Waals surface area contributed by atoms with Crippen molar-refractivity contribution in [1.29, 1.82) is 0 Å². The molecule has 0 amide bonds. The summed E-state index contributed by atoms with van der Waals surface area (Å²) >= 11 is 0. The van der Waals surface area contributed by atoms with E-state index in [0.717, 1.165) is 24.9 Å². The van der Waals surface area contributed by atoms with Gasteiger partial charge in [-0.1, -0.05) is 0 Å². The molecule has 0 aliphatic rings. The predicted octanol–water partition coefficient (Wildman–Crippen LogP) is 3.20. The monoisotopic (exact) mass is 277 g/mol. The van der Waals surface area contributed by atoms with Crippen molar-refractivity contribution >= 4 is 0 Å². The van der Waals surface area contributed by atoms with Gasteiger partial charge in [-0.3, -0.25) is 0 Å². The van der Waals surface area contributed by atoms with Crippen molar-refractivity contribution in [2.24, 2.45) is 0 Å². The van der Waals surface area contributed by atoms with E-state index in [1.807, 2.05) is 0 Å². The van der Waals surface area contributed by atoms with E-state index in [1.54, 1.807) is 12.1 Å². The Balaban J connectivity index is 1.88. The maximum absolute atomic E-state index is 12.8. The van der Waals surface area contributed by atoms with E-state index >= 15 is 0 Å². The molecule has 0 aliphatic carbocycles. The summed E-state index contributed by atoms with van der Waals surface area (Å²) in [4.78, 5) is 0. The molecule has 0 unspecified atom stereocenters. The third-order valence-electron chi connectivity index (χ3n) is 2.78. The first-order valence-corrected chi connectivity index (χ1v) is 6.77. The summed E-state index contributed by atoms with van der Waals surface area (Å²) in [5, 5.41) is 11.4. The second kappa shape index (κ2) is 6.13. The highest BCUT2D eigenvalue weighted by atomic mass is 19.1. The number of halogens is 1. The van der Waals surface area contributed by atoms with Crippen LogP contribution in [0.5, 0.6) is 0 Å². The van der Waals surface area contributed by atoms with Crippen LogP contribution in [0.2, 0.25) is 0 Å². The van der Waals surface area contributed by atoms with E-state index in [4.69, 9.17) is 4.42 Å². The smallest absolute Gasteiger partial charge is 0.247 e. The molecule has 0 saturated carbocycles. The van der Waals surface area contributed by atoms with Crippen molar-refractivity contribution < 1.29 is 8.81 Å². The van der Waals surface area contributed by atoms with Crippen molar-refractivity contribution in [2.45, 2.75) is 39.2 Å². The lowest BCUT2D eigenvalue weighted by molar-refractivity contribution is 0.412. The van der Waals surface area contributed by atoms with Gasteiger partial charge in [0.05, 0.1) is 0 Å². The van der Waals surface area contributed by atoms with Crippen LogP contribution >= 0.6 is 0 Å². The minimum Gasteiger partial charge on any atom is -0.421 e. The van der Waals surface area contributed by atoms with Gasteiger partial charge in [-0.2, -0.15) is 0 Å². The zero-order valence-electron chi connectivity index (χ0n) is 12.1. The third kappa shape index (κ3) is 4.42. The average molecular weight is 277 g/mol. The number of hydrogen-bond donors (Lipinski definition) is 1. The molecule has 2 rings (SSSR count). The van der Waals surface area contributed by atoms with Crippen LogP contribution < -0.4 is 5.32 Å². The van der Waals surface area contributed by atoms with Crippen LogP contribution in [0.25, 0.3) is 11.5 Å². The van der Waals surface area contributed by atoms with Gasteiger partial charge < -0.3 is 9.73 Å². The average Bonchev–Trinajstić information content (AvgIpc) is 2.83. The fraction of sp³-hybridized carbons (Fsp3) is 0.467. The molecule has 1 heterocycles. The number of benzene rings is 1. The molecule has 1 N–H and O–H groups in total. The largest absolute Gasteiger partial charge is 0.421 e. The van der Waals surface area contributed by atoms with Crippen LogP contribution in [0.4, 0.5) is 4.39 Å². The van der Waals surface area contributed by atoms with E-state index in [-0.39, 0.29) is 11.4 Å².